The van der Waals surface area contributed by atoms with E-state index in [0.717, 1.165) is 11.1 Å². The van der Waals surface area contributed by atoms with E-state index in [1.54, 1.807) is 31.4 Å². The zero-order chi connectivity index (χ0) is 23.3. The number of carbonyl (C=O) groups is 2. The van der Waals surface area contributed by atoms with Crippen molar-refractivity contribution in [3.63, 3.8) is 0 Å². The standard InChI is InChI=1S/C24H28ClNO6/c1-15(2)32-18-6-7-19(20(25)12-18)22(27)26-14-17-11-16(5-8-21(17)30-3)13-24(23(28)29)9-4-10-31-24/h5-8,11-12,15H,4,9-10,13-14H2,1-3H3,(H,26,27)(H,28,29). The fraction of sp³-hybridized carbons (Fsp3) is 0.417. The molecule has 1 atom stereocenters. The lowest BCUT2D eigenvalue weighted by Gasteiger charge is -2.24. The molecule has 3 rings (SSSR count). The van der Waals surface area contributed by atoms with Gasteiger partial charge < -0.3 is 24.6 Å². The lowest BCUT2D eigenvalue weighted by Crippen LogP contribution is -2.40. The largest absolute Gasteiger partial charge is 0.496 e. The van der Waals surface area contributed by atoms with Gasteiger partial charge in [0.2, 0.25) is 0 Å². The molecule has 1 amide bonds. The van der Waals surface area contributed by atoms with Crippen LogP contribution < -0.4 is 14.8 Å². The van der Waals surface area contributed by atoms with Crippen LogP contribution in [0.25, 0.3) is 0 Å². The van der Waals surface area contributed by atoms with E-state index < -0.39 is 11.6 Å². The molecule has 1 aliphatic rings. The fourth-order valence-electron chi connectivity index (χ4n) is 3.79. The van der Waals surface area contributed by atoms with Crippen LogP contribution in [0, 0.1) is 0 Å². The molecule has 1 fully saturated rings. The molecule has 0 saturated carbocycles. The molecule has 0 radical (unpaired) electrons. The maximum atomic E-state index is 12.7. The number of ether oxygens (including phenoxy) is 3. The van der Waals surface area contributed by atoms with Gasteiger partial charge in [-0.2, -0.15) is 0 Å². The van der Waals surface area contributed by atoms with Crippen LogP contribution in [0.3, 0.4) is 0 Å². The molecular formula is C24H28ClNO6. The van der Waals surface area contributed by atoms with E-state index in [1.807, 2.05) is 26.0 Å². The quantitative estimate of drug-likeness (QED) is 0.580. The van der Waals surface area contributed by atoms with Gasteiger partial charge in [-0.05, 0) is 56.5 Å². The zero-order valence-electron chi connectivity index (χ0n) is 18.4. The molecular weight excluding hydrogens is 434 g/mol. The lowest BCUT2D eigenvalue weighted by molar-refractivity contribution is -0.159. The van der Waals surface area contributed by atoms with Crippen molar-refractivity contribution in [2.45, 2.75) is 51.4 Å². The van der Waals surface area contributed by atoms with Gasteiger partial charge in [-0.3, -0.25) is 4.79 Å². The number of nitrogens with one attached hydrogen (secondary N) is 1. The first-order valence-corrected chi connectivity index (χ1v) is 10.9. The molecule has 7 nitrogen and oxygen atoms in total. The Labute approximate surface area is 192 Å². The molecule has 0 spiro atoms. The zero-order valence-corrected chi connectivity index (χ0v) is 19.2. The summed E-state index contributed by atoms with van der Waals surface area (Å²) in [4.78, 5) is 24.5. The van der Waals surface area contributed by atoms with Gasteiger partial charge in [0.1, 0.15) is 11.5 Å². The second-order valence-corrected chi connectivity index (χ2v) is 8.47. The number of carbonyl (C=O) groups excluding carboxylic acids is 1. The summed E-state index contributed by atoms with van der Waals surface area (Å²) in [6, 6.07) is 10.4. The smallest absolute Gasteiger partial charge is 0.336 e. The van der Waals surface area contributed by atoms with E-state index >= 15 is 0 Å². The summed E-state index contributed by atoms with van der Waals surface area (Å²) >= 11 is 6.28. The SMILES string of the molecule is COc1ccc(CC2(C(=O)O)CCCO2)cc1CNC(=O)c1ccc(OC(C)C)cc1Cl. The Balaban J connectivity index is 1.73. The number of hydrogen-bond acceptors (Lipinski definition) is 5. The Morgan fingerprint density at radius 3 is 2.62 bits per heavy atom. The van der Waals surface area contributed by atoms with Gasteiger partial charge in [0.05, 0.1) is 23.8 Å². The number of benzene rings is 2. The van der Waals surface area contributed by atoms with E-state index in [9.17, 15) is 14.7 Å². The lowest BCUT2D eigenvalue weighted by atomic mass is 9.91. The molecule has 2 N–H and O–H groups in total. The Bertz CT molecular complexity index is 984. The minimum absolute atomic E-state index is 0.000354. The normalized spacial score (nSPS) is 17.9. The van der Waals surface area contributed by atoms with Crippen molar-refractivity contribution in [3.05, 3.63) is 58.1 Å². The van der Waals surface area contributed by atoms with Crippen LogP contribution in [0.2, 0.25) is 5.02 Å². The highest BCUT2D eigenvalue weighted by Gasteiger charge is 2.43. The number of hydrogen-bond donors (Lipinski definition) is 2. The maximum Gasteiger partial charge on any atom is 0.336 e. The molecule has 1 heterocycles. The van der Waals surface area contributed by atoms with Gasteiger partial charge in [-0.15, -0.1) is 0 Å². The highest BCUT2D eigenvalue weighted by molar-refractivity contribution is 6.34. The molecule has 8 heteroatoms. The Morgan fingerprint density at radius 2 is 2.03 bits per heavy atom. The fourth-order valence-corrected chi connectivity index (χ4v) is 4.04. The molecule has 1 unspecified atom stereocenters. The third kappa shape index (κ3) is 5.53. The van der Waals surface area contributed by atoms with Crippen LogP contribution in [0.4, 0.5) is 0 Å². The van der Waals surface area contributed by atoms with Crippen molar-refractivity contribution in [2.24, 2.45) is 0 Å². The molecule has 0 aliphatic carbocycles. The van der Waals surface area contributed by atoms with Crippen LogP contribution in [-0.4, -0.2) is 42.4 Å². The number of carboxylic acid groups (broad SMARTS) is 1. The minimum atomic E-state index is -1.21. The van der Waals surface area contributed by atoms with Crippen molar-refractivity contribution < 1.29 is 28.9 Å². The van der Waals surface area contributed by atoms with Gasteiger partial charge in [-0.25, -0.2) is 4.79 Å². The molecule has 32 heavy (non-hydrogen) atoms. The first-order chi connectivity index (χ1) is 15.2. The predicted molar refractivity (Wildman–Crippen MR) is 121 cm³/mol. The highest BCUT2D eigenvalue weighted by atomic mass is 35.5. The van der Waals surface area contributed by atoms with Crippen LogP contribution in [-0.2, 0) is 22.5 Å². The van der Waals surface area contributed by atoms with Gasteiger partial charge in [0.25, 0.3) is 5.91 Å². The predicted octanol–water partition coefficient (Wildman–Crippen LogP) is 4.24. The molecule has 1 aliphatic heterocycles. The summed E-state index contributed by atoms with van der Waals surface area (Å²) in [5, 5.41) is 12.8. The average Bonchev–Trinajstić information content (AvgIpc) is 3.22. The number of rotatable bonds is 9. The summed E-state index contributed by atoms with van der Waals surface area (Å²) in [6.07, 6.45) is 1.43. The van der Waals surface area contributed by atoms with Crippen molar-refractivity contribution in [2.75, 3.05) is 13.7 Å². The monoisotopic (exact) mass is 461 g/mol. The number of carboxylic acids is 1. The molecule has 2 aromatic rings. The molecule has 2 aromatic carbocycles. The van der Waals surface area contributed by atoms with Gasteiger partial charge in [-0.1, -0.05) is 23.7 Å². The number of amides is 1. The first-order valence-electron chi connectivity index (χ1n) is 10.5. The number of halogens is 1. The topological polar surface area (TPSA) is 94.1 Å². The summed E-state index contributed by atoms with van der Waals surface area (Å²) in [5.74, 6) is -0.102. The summed E-state index contributed by atoms with van der Waals surface area (Å²) < 4.78 is 16.6. The van der Waals surface area contributed by atoms with Crippen molar-refractivity contribution in [3.8, 4) is 11.5 Å². The minimum Gasteiger partial charge on any atom is -0.496 e. The van der Waals surface area contributed by atoms with Crippen molar-refractivity contribution in [1.82, 2.24) is 5.32 Å². The van der Waals surface area contributed by atoms with Crippen LogP contribution in [0.15, 0.2) is 36.4 Å². The Kier molecular flexibility index (Phi) is 7.64. The number of aliphatic carboxylic acids is 1. The van der Waals surface area contributed by atoms with Crippen LogP contribution >= 0.6 is 11.6 Å². The van der Waals surface area contributed by atoms with Crippen LogP contribution in [0.1, 0.15) is 48.2 Å². The average molecular weight is 462 g/mol. The second-order valence-electron chi connectivity index (χ2n) is 8.07. The van der Waals surface area contributed by atoms with E-state index in [2.05, 4.69) is 5.32 Å². The van der Waals surface area contributed by atoms with Gasteiger partial charge in [0.15, 0.2) is 5.60 Å². The third-order valence-corrected chi connectivity index (χ3v) is 5.64. The third-order valence-electron chi connectivity index (χ3n) is 5.32. The summed E-state index contributed by atoms with van der Waals surface area (Å²) in [7, 11) is 1.55. The highest BCUT2D eigenvalue weighted by Crippen LogP contribution is 2.31. The van der Waals surface area contributed by atoms with Gasteiger partial charge in [0, 0.05) is 25.1 Å². The van der Waals surface area contributed by atoms with Gasteiger partial charge >= 0.3 is 5.97 Å². The molecule has 0 aromatic heterocycles. The van der Waals surface area contributed by atoms with E-state index in [4.69, 9.17) is 25.8 Å². The molecule has 1 saturated heterocycles. The maximum absolute atomic E-state index is 12.7. The van der Waals surface area contributed by atoms with E-state index in [1.165, 1.54) is 0 Å². The van der Waals surface area contributed by atoms with E-state index in [0.29, 0.717) is 41.5 Å². The van der Waals surface area contributed by atoms with Crippen molar-refractivity contribution >= 4 is 23.5 Å². The number of methoxy groups -OCH3 is 1. The summed E-state index contributed by atoms with van der Waals surface area (Å²) in [6.45, 7) is 4.45. The van der Waals surface area contributed by atoms with Crippen LogP contribution in [0.5, 0.6) is 11.5 Å². The second kappa shape index (κ2) is 10.2. The molecule has 172 valence electrons. The van der Waals surface area contributed by atoms with Crippen molar-refractivity contribution in [1.29, 1.82) is 0 Å². The Hall–Kier alpha value is -2.77. The summed E-state index contributed by atoms with van der Waals surface area (Å²) in [5.41, 5.74) is 0.657. The Morgan fingerprint density at radius 1 is 1.25 bits per heavy atom. The first kappa shape index (κ1) is 23.9. The molecule has 0 bridgehead atoms. The van der Waals surface area contributed by atoms with E-state index in [-0.39, 0.29) is 25.0 Å².